The third-order valence-corrected chi connectivity index (χ3v) is 2.97. The number of rotatable bonds is 6. The molecule has 0 atom stereocenters. The Balaban J connectivity index is 1.77. The molecule has 0 spiro atoms. The number of carbonyl (C=O) groups is 1. The SMILES string of the molecule is COc1cccc(CNC(=O)CCn2ccc(C)n2)c1. The number of aromatic nitrogens is 2. The Kier molecular flexibility index (Phi) is 4.76. The summed E-state index contributed by atoms with van der Waals surface area (Å²) < 4.78 is 6.92. The quantitative estimate of drug-likeness (QED) is 0.874. The molecule has 1 N–H and O–H groups in total. The molecule has 0 fully saturated rings. The zero-order valence-corrected chi connectivity index (χ0v) is 11.8. The lowest BCUT2D eigenvalue weighted by Crippen LogP contribution is -2.24. The molecule has 20 heavy (non-hydrogen) atoms. The fourth-order valence-electron chi connectivity index (χ4n) is 1.88. The third kappa shape index (κ3) is 4.12. The van der Waals surface area contributed by atoms with E-state index in [-0.39, 0.29) is 5.91 Å². The van der Waals surface area contributed by atoms with Crippen molar-refractivity contribution in [3.63, 3.8) is 0 Å². The summed E-state index contributed by atoms with van der Waals surface area (Å²) >= 11 is 0. The van der Waals surface area contributed by atoms with E-state index in [1.54, 1.807) is 11.8 Å². The van der Waals surface area contributed by atoms with Crippen molar-refractivity contribution in [2.45, 2.75) is 26.4 Å². The molecule has 1 heterocycles. The Bertz CT molecular complexity index is 578. The van der Waals surface area contributed by atoms with E-state index in [2.05, 4.69) is 10.4 Å². The van der Waals surface area contributed by atoms with Gasteiger partial charge in [0.15, 0.2) is 0 Å². The normalized spacial score (nSPS) is 10.3. The van der Waals surface area contributed by atoms with Gasteiger partial charge in [0, 0.05) is 25.7 Å². The van der Waals surface area contributed by atoms with Crippen LogP contribution in [0.2, 0.25) is 0 Å². The van der Waals surface area contributed by atoms with E-state index in [1.165, 1.54) is 0 Å². The lowest BCUT2D eigenvalue weighted by Gasteiger charge is -2.07. The Morgan fingerprint density at radius 3 is 2.95 bits per heavy atom. The topological polar surface area (TPSA) is 56.1 Å². The largest absolute Gasteiger partial charge is 0.497 e. The van der Waals surface area contributed by atoms with Gasteiger partial charge in [0.2, 0.25) is 5.91 Å². The number of carbonyl (C=O) groups excluding carboxylic acids is 1. The van der Waals surface area contributed by atoms with Crippen LogP contribution in [0.5, 0.6) is 5.75 Å². The predicted molar refractivity (Wildman–Crippen MR) is 76.4 cm³/mol. The number of aryl methyl sites for hydroxylation is 2. The van der Waals surface area contributed by atoms with Gasteiger partial charge in [-0.1, -0.05) is 12.1 Å². The van der Waals surface area contributed by atoms with Gasteiger partial charge in [-0.05, 0) is 30.7 Å². The predicted octanol–water partition coefficient (Wildman–Crippen LogP) is 1.91. The number of amides is 1. The third-order valence-electron chi connectivity index (χ3n) is 2.97. The summed E-state index contributed by atoms with van der Waals surface area (Å²) in [6.07, 6.45) is 2.30. The molecule has 106 valence electrons. The van der Waals surface area contributed by atoms with Gasteiger partial charge < -0.3 is 10.1 Å². The molecule has 0 saturated carbocycles. The van der Waals surface area contributed by atoms with Gasteiger partial charge >= 0.3 is 0 Å². The van der Waals surface area contributed by atoms with E-state index in [0.29, 0.717) is 19.5 Å². The summed E-state index contributed by atoms with van der Waals surface area (Å²) in [6.45, 7) is 3.03. The molecule has 0 aliphatic carbocycles. The Morgan fingerprint density at radius 2 is 2.25 bits per heavy atom. The second-order valence-electron chi connectivity index (χ2n) is 4.60. The number of methoxy groups -OCH3 is 1. The van der Waals surface area contributed by atoms with Gasteiger partial charge in [0.1, 0.15) is 5.75 Å². The summed E-state index contributed by atoms with van der Waals surface area (Å²) in [5.74, 6) is 0.810. The highest BCUT2D eigenvalue weighted by molar-refractivity contribution is 5.75. The minimum atomic E-state index is 0.0148. The van der Waals surface area contributed by atoms with Crippen molar-refractivity contribution in [2.75, 3.05) is 7.11 Å². The number of benzene rings is 1. The highest BCUT2D eigenvalue weighted by atomic mass is 16.5. The van der Waals surface area contributed by atoms with E-state index in [1.807, 2.05) is 43.5 Å². The Morgan fingerprint density at radius 1 is 1.40 bits per heavy atom. The number of hydrogen-bond donors (Lipinski definition) is 1. The maximum Gasteiger partial charge on any atom is 0.222 e. The smallest absolute Gasteiger partial charge is 0.222 e. The van der Waals surface area contributed by atoms with Crippen molar-refractivity contribution in [1.82, 2.24) is 15.1 Å². The van der Waals surface area contributed by atoms with E-state index in [9.17, 15) is 4.79 Å². The fraction of sp³-hybridized carbons (Fsp3) is 0.333. The molecule has 0 saturated heterocycles. The average molecular weight is 273 g/mol. The number of nitrogens with one attached hydrogen (secondary N) is 1. The zero-order chi connectivity index (χ0) is 14.4. The molecule has 0 aliphatic heterocycles. The van der Waals surface area contributed by atoms with Gasteiger partial charge in [0.05, 0.1) is 12.8 Å². The van der Waals surface area contributed by atoms with Crippen LogP contribution in [0, 0.1) is 6.92 Å². The van der Waals surface area contributed by atoms with Crippen molar-refractivity contribution >= 4 is 5.91 Å². The number of hydrogen-bond acceptors (Lipinski definition) is 3. The molecule has 1 amide bonds. The number of nitrogens with zero attached hydrogens (tertiary/aromatic N) is 2. The van der Waals surface area contributed by atoms with Gasteiger partial charge in [-0.15, -0.1) is 0 Å². The van der Waals surface area contributed by atoms with Crippen molar-refractivity contribution in [2.24, 2.45) is 0 Å². The summed E-state index contributed by atoms with van der Waals surface area (Å²) in [5, 5.41) is 7.14. The Labute approximate surface area is 118 Å². The van der Waals surface area contributed by atoms with Crippen LogP contribution in [0.15, 0.2) is 36.5 Å². The standard InChI is InChI=1S/C15H19N3O2/c1-12-6-8-18(17-12)9-7-15(19)16-11-13-4-3-5-14(10-13)20-2/h3-6,8,10H,7,9,11H2,1-2H3,(H,16,19). The van der Waals surface area contributed by atoms with E-state index >= 15 is 0 Å². The van der Waals surface area contributed by atoms with Gasteiger partial charge in [-0.3, -0.25) is 9.48 Å². The van der Waals surface area contributed by atoms with Crippen LogP contribution in [0.3, 0.4) is 0 Å². The second-order valence-corrected chi connectivity index (χ2v) is 4.60. The molecule has 5 heteroatoms. The molecular weight excluding hydrogens is 254 g/mol. The van der Waals surface area contributed by atoms with Crippen LogP contribution in [0.4, 0.5) is 0 Å². The van der Waals surface area contributed by atoms with Gasteiger partial charge in [-0.25, -0.2) is 0 Å². The van der Waals surface area contributed by atoms with Crippen LogP contribution in [0.25, 0.3) is 0 Å². The second kappa shape index (κ2) is 6.75. The van der Waals surface area contributed by atoms with Crippen LogP contribution in [0.1, 0.15) is 17.7 Å². The molecule has 5 nitrogen and oxygen atoms in total. The van der Waals surface area contributed by atoms with E-state index < -0.39 is 0 Å². The minimum Gasteiger partial charge on any atom is -0.497 e. The van der Waals surface area contributed by atoms with E-state index in [4.69, 9.17) is 4.74 Å². The molecule has 2 rings (SSSR count). The van der Waals surface area contributed by atoms with Crippen LogP contribution < -0.4 is 10.1 Å². The van der Waals surface area contributed by atoms with Crippen LogP contribution in [-0.2, 0) is 17.9 Å². The minimum absolute atomic E-state index is 0.0148. The summed E-state index contributed by atoms with van der Waals surface area (Å²) in [5.41, 5.74) is 1.98. The first-order chi connectivity index (χ1) is 9.67. The molecular formula is C15H19N3O2. The fourth-order valence-corrected chi connectivity index (χ4v) is 1.88. The average Bonchev–Trinajstić information content (AvgIpc) is 2.89. The van der Waals surface area contributed by atoms with Crippen molar-refractivity contribution in [1.29, 1.82) is 0 Å². The molecule has 0 radical (unpaired) electrons. The lowest BCUT2D eigenvalue weighted by atomic mass is 10.2. The molecule has 0 aliphatic rings. The summed E-state index contributed by atoms with van der Waals surface area (Å²) in [4.78, 5) is 11.8. The van der Waals surface area contributed by atoms with Crippen LogP contribution in [-0.4, -0.2) is 22.8 Å². The highest BCUT2D eigenvalue weighted by Gasteiger charge is 2.03. The van der Waals surface area contributed by atoms with Crippen molar-refractivity contribution in [3.05, 3.63) is 47.8 Å². The first kappa shape index (κ1) is 14.1. The molecule has 1 aromatic carbocycles. The Hall–Kier alpha value is -2.30. The maximum atomic E-state index is 11.8. The highest BCUT2D eigenvalue weighted by Crippen LogP contribution is 2.12. The van der Waals surface area contributed by atoms with E-state index in [0.717, 1.165) is 17.0 Å². The first-order valence-corrected chi connectivity index (χ1v) is 6.57. The van der Waals surface area contributed by atoms with Crippen molar-refractivity contribution < 1.29 is 9.53 Å². The zero-order valence-electron chi connectivity index (χ0n) is 11.8. The van der Waals surface area contributed by atoms with Crippen LogP contribution >= 0.6 is 0 Å². The monoisotopic (exact) mass is 273 g/mol. The van der Waals surface area contributed by atoms with Crippen molar-refractivity contribution in [3.8, 4) is 5.75 Å². The summed E-state index contributed by atoms with van der Waals surface area (Å²) in [6, 6.07) is 9.59. The summed E-state index contributed by atoms with van der Waals surface area (Å²) in [7, 11) is 1.63. The number of ether oxygens (including phenoxy) is 1. The van der Waals surface area contributed by atoms with Gasteiger partial charge in [0.25, 0.3) is 0 Å². The maximum absolute atomic E-state index is 11.8. The van der Waals surface area contributed by atoms with Gasteiger partial charge in [-0.2, -0.15) is 5.10 Å². The molecule has 1 aromatic heterocycles. The molecule has 0 unspecified atom stereocenters. The lowest BCUT2D eigenvalue weighted by molar-refractivity contribution is -0.121. The molecule has 2 aromatic rings. The first-order valence-electron chi connectivity index (χ1n) is 6.57. The molecule has 0 bridgehead atoms.